The van der Waals surface area contributed by atoms with Gasteiger partial charge in [-0.2, -0.15) is 0 Å². The average molecular weight is 397 g/mol. The van der Waals surface area contributed by atoms with Gasteiger partial charge in [-0.1, -0.05) is 31.9 Å². The van der Waals surface area contributed by atoms with Gasteiger partial charge < -0.3 is 14.9 Å². The van der Waals surface area contributed by atoms with Crippen LogP contribution in [0.4, 0.5) is 5.69 Å². The van der Waals surface area contributed by atoms with E-state index in [1.165, 1.54) is 0 Å². The number of benzene rings is 1. The number of fused-ring (bicyclic) bond motifs is 2. The van der Waals surface area contributed by atoms with E-state index in [0.29, 0.717) is 12.5 Å². The molecule has 1 aromatic rings. The van der Waals surface area contributed by atoms with E-state index in [9.17, 15) is 36.6 Å². The molecular formula is C14H16LiNO8S2. The van der Waals surface area contributed by atoms with Gasteiger partial charge in [0.15, 0.2) is 9.84 Å². The van der Waals surface area contributed by atoms with Crippen molar-refractivity contribution < 1.29 is 55.5 Å². The van der Waals surface area contributed by atoms with Gasteiger partial charge in [-0.05, 0) is 12.5 Å². The van der Waals surface area contributed by atoms with Gasteiger partial charge in [0.2, 0.25) is 0 Å². The number of hydrogen-bond acceptors (Lipinski definition) is 6. The number of nitrogens with zero attached hydrogens (tertiary/aromatic N) is 1. The molecule has 1 aromatic carbocycles. The van der Waals surface area contributed by atoms with Crippen molar-refractivity contribution >= 4 is 37.5 Å². The van der Waals surface area contributed by atoms with Gasteiger partial charge in [0.25, 0.3) is 0 Å². The Kier molecular flexibility index (Phi) is 6.92. The normalized spacial score (nSPS) is 14.3. The van der Waals surface area contributed by atoms with Crippen molar-refractivity contribution in [1.29, 1.82) is 0 Å². The van der Waals surface area contributed by atoms with Crippen molar-refractivity contribution in [2.24, 2.45) is 0 Å². The standard InChI is InChI=1S/C14H16NO8S2.Li/c1-2-3-4-5-6-24(20,21)9-7-8(13(16)17)12-10(14(18)19)11(9)15-25(12,22)23;/h7H,2-6H2,1H3,(H,16,17)(H,18,19);/q-1;+1. The van der Waals surface area contributed by atoms with Crippen molar-refractivity contribution in [2.45, 2.75) is 42.4 Å². The Bertz CT molecular complexity index is 954. The molecule has 1 heterocycles. The van der Waals surface area contributed by atoms with E-state index in [2.05, 4.69) is 4.72 Å². The Balaban J connectivity index is 0.00000338. The maximum absolute atomic E-state index is 12.5. The number of sulfonamides is 1. The van der Waals surface area contributed by atoms with E-state index in [0.717, 1.165) is 12.8 Å². The van der Waals surface area contributed by atoms with Crippen LogP contribution in [0.5, 0.6) is 0 Å². The number of sulfone groups is 1. The van der Waals surface area contributed by atoms with Crippen LogP contribution in [0, 0.1) is 0 Å². The fraction of sp³-hybridized carbons (Fsp3) is 0.429. The fourth-order valence-electron chi connectivity index (χ4n) is 2.58. The maximum atomic E-state index is 12.5. The number of carboxylic acids is 2. The first kappa shape index (κ1) is 22.5. The zero-order chi connectivity index (χ0) is 19.0. The van der Waals surface area contributed by atoms with Crippen LogP contribution in [0.3, 0.4) is 0 Å². The second kappa shape index (κ2) is 8.00. The molecule has 0 unspecified atom stereocenters. The first-order valence-electron chi connectivity index (χ1n) is 7.41. The molecule has 12 heteroatoms. The van der Waals surface area contributed by atoms with Gasteiger partial charge in [-0.25, -0.2) is 26.4 Å². The molecule has 0 spiro atoms. The van der Waals surface area contributed by atoms with Crippen molar-refractivity contribution in [1.82, 2.24) is 0 Å². The van der Waals surface area contributed by atoms with E-state index < -0.39 is 58.4 Å². The Labute approximate surface area is 162 Å². The molecule has 0 aliphatic carbocycles. The van der Waals surface area contributed by atoms with Crippen LogP contribution in [0.1, 0.15) is 53.3 Å². The molecule has 26 heavy (non-hydrogen) atoms. The SMILES string of the molecule is CCCCCCS(=O)(=O)c1cc(C(=O)O)c2c(C(=O)O)c1[N-]S2(=O)=O.[Li+]. The summed E-state index contributed by atoms with van der Waals surface area (Å²) >= 11 is 0. The number of carbonyl (C=O) groups is 2. The summed E-state index contributed by atoms with van der Waals surface area (Å²) in [5, 5.41) is 18.4. The van der Waals surface area contributed by atoms with E-state index in [1.54, 1.807) is 0 Å². The molecule has 1 aliphatic rings. The fourth-order valence-corrected chi connectivity index (χ4v) is 5.57. The molecule has 0 amide bonds. The van der Waals surface area contributed by atoms with Crippen molar-refractivity contribution in [3.05, 3.63) is 21.9 Å². The summed E-state index contributed by atoms with van der Waals surface area (Å²) in [5.41, 5.74) is -2.54. The summed E-state index contributed by atoms with van der Waals surface area (Å²) in [4.78, 5) is 21.1. The van der Waals surface area contributed by atoms with E-state index in [1.807, 2.05) is 6.92 Å². The zero-order valence-corrected chi connectivity index (χ0v) is 15.9. The van der Waals surface area contributed by atoms with Crippen LogP contribution >= 0.6 is 0 Å². The van der Waals surface area contributed by atoms with Gasteiger partial charge >= 0.3 is 30.8 Å². The van der Waals surface area contributed by atoms with Crippen LogP contribution in [0.15, 0.2) is 15.9 Å². The summed E-state index contributed by atoms with van der Waals surface area (Å²) in [6.45, 7) is 1.94. The third-order valence-electron chi connectivity index (χ3n) is 3.73. The summed E-state index contributed by atoms with van der Waals surface area (Å²) in [6.07, 6.45) is 2.59. The molecule has 2 rings (SSSR count). The van der Waals surface area contributed by atoms with Crippen LogP contribution < -0.4 is 18.9 Å². The summed E-state index contributed by atoms with van der Waals surface area (Å²) in [7, 11) is -8.68. The van der Waals surface area contributed by atoms with Crippen LogP contribution in [0.25, 0.3) is 4.72 Å². The smallest absolute Gasteiger partial charge is 0.571 e. The predicted molar refractivity (Wildman–Crippen MR) is 86.8 cm³/mol. The molecule has 2 bridgehead atoms. The van der Waals surface area contributed by atoms with E-state index in [4.69, 9.17) is 0 Å². The Morgan fingerprint density at radius 2 is 1.73 bits per heavy atom. The minimum Gasteiger partial charge on any atom is -0.571 e. The maximum Gasteiger partial charge on any atom is 1.00 e. The molecule has 0 fully saturated rings. The average Bonchev–Trinajstić information content (AvgIpc) is 2.69. The zero-order valence-electron chi connectivity index (χ0n) is 14.2. The summed E-state index contributed by atoms with van der Waals surface area (Å²) in [6, 6.07) is 0.683. The van der Waals surface area contributed by atoms with Gasteiger partial charge in [0.05, 0.1) is 26.7 Å². The number of unbranched alkanes of at least 4 members (excludes halogenated alkanes) is 3. The molecule has 0 saturated carbocycles. The number of rotatable bonds is 8. The topological polar surface area (TPSA) is 157 Å². The molecule has 2 N–H and O–H groups in total. The van der Waals surface area contributed by atoms with E-state index >= 15 is 0 Å². The second-order valence-electron chi connectivity index (χ2n) is 5.53. The Morgan fingerprint density at radius 3 is 2.23 bits per heavy atom. The molecule has 1 aliphatic heterocycles. The predicted octanol–water partition coefficient (Wildman–Crippen LogP) is -0.851. The largest absolute Gasteiger partial charge is 1.00 e. The molecular weight excluding hydrogens is 381 g/mol. The van der Waals surface area contributed by atoms with Gasteiger partial charge in [-0.3, -0.25) is 0 Å². The first-order valence-corrected chi connectivity index (χ1v) is 10.5. The van der Waals surface area contributed by atoms with Gasteiger partial charge in [0, 0.05) is 0 Å². The third-order valence-corrected chi connectivity index (χ3v) is 6.90. The van der Waals surface area contributed by atoms with Crippen molar-refractivity contribution in [3.8, 4) is 0 Å². The second-order valence-corrected chi connectivity index (χ2v) is 9.15. The molecule has 0 atom stereocenters. The van der Waals surface area contributed by atoms with Crippen LogP contribution in [-0.2, 0) is 19.9 Å². The van der Waals surface area contributed by atoms with Crippen LogP contribution in [0.2, 0.25) is 0 Å². The van der Waals surface area contributed by atoms with Crippen LogP contribution in [-0.4, -0.2) is 44.7 Å². The molecule has 138 valence electrons. The Morgan fingerprint density at radius 1 is 1.12 bits per heavy atom. The first-order chi connectivity index (χ1) is 11.5. The minimum absolute atomic E-state index is 0. The van der Waals surface area contributed by atoms with E-state index in [-0.39, 0.29) is 31.0 Å². The van der Waals surface area contributed by atoms with Crippen molar-refractivity contribution in [2.75, 3.05) is 5.75 Å². The number of aromatic carboxylic acids is 2. The van der Waals surface area contributed by atoms with Crippen molar-refractivity contribution in [3.63, 3.8) is 0 Å². The summed E-state index contributed by atoms with van der Waals surface area (Å²) in [5.74, 6) is -3.85. The minimum atomic E-state index is -4.58. The monoisotopic (exact) mass is 397 g/mol. The molecule has 0 aromatic heterocycles. The quantitative estimate of drug-likeness (QED) is 0.424. The number of carboxylic acid groups (broad SMARTS) is 2. The van der Waals surface area contributed by atoms with Gasteiger partial charge in [-0.15, -0.1) is 0 Å². The third kappa shape index (κ3) is 4.06. The summed E-state index contributed by atoms with van der Waals surface area (Å²) < 4.78 is 52.3. The Hall–Kier alpha value is -1.54. The number of hydrogen-bond donors (Lipinski definition) is 2. The molecule has 0 radical (unpaired) electrons. The van der Waals surface area contributed by atoms with Gasteiger partial charge in [0.1, 0.15) is 10.0 Å². The molecule has 9 nitrogen and oxygen atoms in total. The molecule has 0 saturated heterocycles.